The number of halogens is 3. The predicted molar refractivity (Wildman–Crippen MR) is 107 cm³/mol. The number of hydrogen-bond acceptors (Lipinski definition) is 3. The summed E-state index contributed by atoms with van der Waals surface area (Å²) >= 11 is 19.6. The monoisotopic (exact) mass is 409 g/mol. The zero-order chi connectivity index (χ0) is 17.8. The summed E-state index contributed by atoms with van der Waals surface area (Å²) in [4.78, 5) is 0. The van der Waals surface area contributed by atoms with Crippen molar-refractivity contribution in [2.45, 2.75) is 17.5 Å². The van der Waals surface area contributed by atoms with Gasteiger partial charge in [0.2, 0.25) is 0 Å². The lowest BCUT2D eigenvalue weighted by molar-refractivity contribution is 0.731. The third-order valence-electron chi connectivity index (χ3n) is 3.48. The molecule has 0 fully saturated rings. The normalized spacial score (nSPS) is 10.8. The van der Waals surface area contributed by atoms with Crippen molar-refractivity contribution in [1.29, 1.82) is 0 Å². The van der Waals surface area contributed by atoms with Crippen LogP contribution in [0.3, 0.4) is 0 Å². The molecule has 3 nitrogen and oxygen atoms in total. The van der Waals surface area contributed by atoms with E-state index in [1.807, 2.05) is 47.0 Å². The third kappa shape index (κ3) is 4.39. The third-order valence-corrected chi connectivity index (χ3v) is 5.51. The Labute approximate surface area is 165 Å². The van der Waals surface area contributed by atoms with Gasteiger partial charge in [-0.05, 0) is 42.0 Å². The van der Waals surface area contributed by atoms with Gasteiger partial charge in [-0.3, -0.25) is 4.57 Å². The molecule has 1 heterocycles. The smallest absolute Gasteiger partial charge is 0.192 e. The summed E-state index contributed by atoms with van der Waals surface area (Å²) in [6.07, 6.45) is 1.83. The lowest BCUT2D eigenvalue weighted by atomic mass is 10.2. The van der Waals surface area contributed by atoms with Crippen LogP contribution in [0.5, 0.6) is 0 Å². The van der Waals surface area contributed by atoms with Crippen LogP contribution in [-0.4, -0.2) is 14.8 Å². The maximum absolute atomic E-state index is 6.08. The van der Waals surface area contributed by atoms with Crippen molar-refractivity contribution in [3.63, 3.8) is 0 Å². The molecule has 0 aliphatic rings. The molecule has 3 rings (SSSR count). The Morgan fingerprint density at radius 3 is 2.44 bits per heavy atom. The lowest BCUT2D eigenvalue weighted by Gasteiger charge is -2.08. The zero-order valence-corrected chi connectivity index (χ0v) is 16.2. The van der Waals surface area contributed by atoms with Crippen molar-refractivity contribution in [2.24, 2.45) is 0 Å². The van der Waals surface area contributed by atoms with Gasteiger partial charge in [0, 0.05) is 22.9 Å². The highest BCUT2D eigenvalue weighted by Crippen LogP contribution is 2.29. The maximum Gasteiger partial charge on any atom is 0.192 e. The van der Waals surface area contributed by atoms with Crippen molar-refractivity contribution >= 4 is 46.6 Å². The zero-order valence-electron chi connectivity index (χ0n) is 13.1. The minimum Gasteiger partial charge on any atom is -0.298 e. The van der Waals surface area contributed by atoms with Crippen molar-refractivity contribution < 1.29 is 0 Å². The fourth-order valence-corrected chi connectivity index (χ4v) is 3.62. The van der Waals surface area contributed by atoms with E-state index in [0.29, 0.717) is 27.4 Å². The molecule has 25 heavy (non-hydrogen) atoms. The van der Waals surface area contributed by atoms with E-state index in [9.17, 15) is 0 Å². The van der Waals surface area contributed by atoms with Gasteiger partial charge >= 0.3 is 0 Å². The van der Waals surface area contributed by atoms with E-state index in [0.717, 1.165) is 22.1 Å². The Hall–Kier alpha value is -1.46. The summed E-state index contributed by atoms with van der Waals surface area (Å²) in [5.41, 5.74) is 2.03. The van der Waals surface area contributed by atoms with Gasteiger partial charge in [-0.2, -0.15) is 0 Å². The van der Waals surface area contributed by atoms with E-state index in [1.54, 1.807) is 17.8 Å². The van der Waals surface area contributed by atoms with Crippen LogP contribution in [0.4, 0.5) is 0 Å². The van der Waals surface area contributed by atoms with E-state index >= 15 is 0 Å². The van der Waals surface area contributed by atoms with Gasteiger partial charge < -0.3 is 0 Å². The highest BCUT2D eigenvalue weighted by atomic mass is 35.5. The number of hydrogen-bond donors (Lipinski definition) is 0. The molecule has 0 spiro atoms. The SMILES string of the molecule is C=CCn1c(SCc2ccc(Cl)c(Cl)c2)nnc1-c1ccc(Cl)cc1. The second-order valence-corrected chi connectivity index (χ2v) is 7.44. The highest BCUT2D eigenvalue weighted by molar-refractivity contribution is 7.98. The average molecular weight is 411 g/mol. The first kappa shape index (κ1) is 18.3. The molecule has 0 N–H and O–H groups in total. The number of rotatable bonds is 6. The second-order valence-electron chi connectivity index (χ2n) is 5.25. The molecule has 0 radical (unpaired) electrons. The van der Waals surface area contributed by atoms with Crippen LogP contribution >= 0.6 is 46.6 Å². The molecule has 0 saturated heterocycles. The van der Waals surface area contributed by atoms with Gasteiger partial charge in [-0.1, -0.05) is 58.7 Å². The maximum atomic E-state index is 6.08. The van der Waals surface area contributed by atoms with Gasteiger partial charge in [0.25, 0.3) is 0 Å². The first-order chi connectivity index (χ1) is 12.1. The first-order valence-electron chi connectivity index (χ1n) is 7.45. The fourth-order valence-electron chi connectivity index (χ4n) is 2.28. The second kappa shape index (κ2) is 8.28. The lowest BCUT2D eigenvalue weighted by Crippen LogP contribution is -2.00. The standard InChI is InChI=1S/C18H14Cl3N3S/c1-2-9-24-17(13-4-6-14(19)7-5-13)22-23-18(24)25-11-12-3-8-15(20)16(21)10-12/h2-8,10H,1,9,11H2. The molecule has 0 bridgehead atoms. The van der Waals surface area contributed by atoms with Crippen molar-refractivity contribution in [1.82, 2.24) is 14.8 Å². The van der Waals surface area contributed by atoms with Crippen molar-refractivity contribution in [2.75, 3.05) is 0 Å². The van der Waals surface area contributed by atoms with E-state index in [-0.39, 0.29) is 0 Å². The van der Waals surface area contributed by atoms with E-state index in [2.05, 4.69) is 16.8 Å². The fraction of sp³-hybridized carbons (Fsp3) is 0.111. The summed E-state index contributed by atoms with van der Waals surface area (Å²) in [6.45, 7) is 4.45. The van der Waals surface area contributed by atoms with Crippen LogP contribution < -0.4 is 0 Å². The van der Waals surface area contributed by atoms with Crippen molar-refractivity contribution in [3.8, 4) is 11.4 Å². The van der Waals surface area contributed by atoms with Crippen LogP contribution in [0.1, 0.15) is 5.56 Å². The summed E-state index contributed by atoms with van der Waals surface area (Å²) in [5, 5.41) is 11.3. The van der Waals surface area contributed by atoms with Gasteiger partial charge in [0.05, 0.1) is 10.0 Å². The summed E-state index contributed by atoms with van der Waals surface area (Å²) in [5.74, 6) is 1.50. The average Bonchev–Trinajstić information content (AvgIpc) is 3.00. The van der Waals surface area contributed by atoms with Gasteiger partial charge in [-0.25, -0.2) is 0 Å². The van der Waals surface area contributed by atoms with Crippen LogP contribution in [0, 0.1) is 0 Å². The van der Waals surface area contributed by atoms with E-state index < -0.39 is 0 Å². The Morgan fingerprint density at radius 1 is 1.00 bits per heavy atom. The molecular formula is C18H14Cl3N3S. The quantitative estimate of drug-likeness (QED) is 0.349. The minimum atomic E-state index is 0.550. The Balaban J connectivity index is 1.84. The Bertz CT molecular complexity index is 891. The molecule has 0 unspecified atom stereocenters. The summed E-state index contributed by atoms with van der Waals surface area (Å²) < 4.78 is 2.03. The Morgan fingerprint density at radius 2 is 1.76 bits per heavy atom. The number of benzene rings is 2. The van der Waals surface area contributed by atoms with Crippen LogP contribution in [0.2, 0.25) is 15.1 Å². The molecule has 0 amide bonds. The molecule has 1 aromatic heterocycles. The van der Waals surface area contributed by atoms with Crippen LogP contribution in [-0.2, 0) is 12.3 Å². The number of thioether (sulfide) groups is 1. The van der Waals surface area contributed by atoms with Crippen LogP contribution in [0.25, 0.3) is 11.4 Å². The molecule has 128 valence electrons. The minimum absolute atomic E-state index is 0.550. The molecule has 0 atom stereocenters. The van der Waals surface area contributed by atoms with E-state index in [4.69, 9.17) is 34.8 Å². The summed E-state index contributed by atoms with van der Waals surface area (Å²) in [6, 6.07) is 13.2. The van der Waals surface area contributed by atoms with Gasteiger partial charge in [0.15, 0.2) is 11.0 Å². The summed E-state index contributed by atoms with van der Waals surface area (Å²) in [7, 11) is 0. The molecule has 7 heteroatoms. The van der Waals surface area contributed by atoms with Crippen molar-refractivity contribution in [3.05, 3.63) is 75.8 Å². The molecule has 0 saturated carbocycles. The van der Waals surface area contributed by atoms with Gasteiger partial charge in [-0.15, -0.1) is 16.8 Å². The van der Waals surface area contributed by atoms with Crippen LogP contribution in [0.15, 0.2) is 60.3 Å². The molecule has 0 aliphatic carbocycles. The molecule has 0 aliphatic heterocycles. The molecule has 2 aromatic carbocycles. The first-order valence-corrected chi connectivity index (χ1v) is 9.57. The highest BCUT2D eigenvalue weighted by Gasteiger charge is 2.14. The topological polar surface area (TPSA) is 30.7 Å². The molecular weight excluding hydrogens is 397 g/mol. The molecule has 3 aromatic rings. The largest absolute Gasteiger partial charge is 0.298 e. The van der Waals surface area contributed by atoms with Gasteiger partial charge in [0.1, 0.15) is 0 Å². The van der Waals surface area contributed by atoms with E-state index in [1.165, 1.54) is 0 Å². The predicted octanol–water partition coefficient (Wildman–Crippen LogP) is 6.38. The number of allylic oxidation sites excluding steroid dienone is 1. The number of aromatic nitrogens is 3. The number of nitrogens with zero attached hydrogens (tertiary/aromatic N) is 3. The Kier molecular flexibility index (Phi) is 6.07.